The van der Waals surface area contributed by atoms with Gasteiger partial charge in [0.2, 0.25) is 5.88 Å². The van der Waals surface area contributed by atoms with Gasteiger partial charge in [-0.05, 0) is 55.5 Å². The zero-order chi connectivity index (χ0) is 24.2. The zero-order valence-corrected chi connectivity index (χ0v) is 20.1. The second-order valence-corrected chi connectivity index (χ2v) is 9.37. The second kappa shape index (κ2) is 10.4. The van der Waals surface area contributed by atoms with Crippen LogP contribution in [0.4, 0.5) is 0 Å². The van der Waals surface area contributed by atoms with Crippen molar-refractivity contribution in [1.29, 1.82) is 0 Å². The molecule has 0 radical (unpaired) electrons. The molecule has 0 unspecified atom stereocenters. The molecule has 1 aliphatic carbocycles. The first-order valence-electron chi connectivity index (χ1n) is 12.0. The number of aromatic nitrogens is 1. The van der Waals surface area contributed by atoms with E-state index >= 15 is 0 Å². The molecule has 2 aliphatic rings. The number of carbonyl (C=O) groups is 2. The van der Waals surface area contributed by atoms with Gasteiger partial charge in [0.25, 0.3) is 11.8 Å². The summed E-state index contributed by atoms with van der Waals surface area (Å²) in [5.74, 6) is -0.0916. The Morgan fingerprint density at radius 3 is 2.76 bits per heavy atom. The van der Waals surface area contributed by atoms with Gasteiger partial charge in [-0.3, -0.25) is 9.59 Å². The number of benzene rings is 1. The van der Waals surface area contributed by atoms with Crippen LogP contribution >= 0.6 is 0 Å². The van der Waals surface area contributed by atoms with E-state index in [0.717, 1.165) is 24.8 Å². The molecule has 2 amide bonds. The number of nitrogens with zero attached hydrogens (tertiary/aromatic N) is 3. The summed E-state index contributed by atoms with van der Waals surface area (Å²) in [6, 6.07) is 10.7. The number of fused-ring (bicyclic) bond motifs is 1. The molecule has 0 saturated heterocycles. The number of rotatable bonds is 6. The van der Waals surface area contributed by atoms with Gasteiger partial charge in [-0.2, -0.15) is 0 Å². The number of likely N-dealkylation sites (N-methyl/N-ethyl adjacent to an activating group) is 1. The lowest BCUT2D eigenvalue weighted by atomic mass is 9.99. The van der Waals surface area contributed by atoms with Crippen molar-refractivity contribution < 1.29 is 19.4 Å². The maximum Gasteiger partial charge on any atom is 0.259 e. The molecular weight excluding hydrogens is 430 g/mol. The molecule has 180 valence electrons. The van der Waals surface area contributed by atoms with Gasteiger partial charge in [0.05, 0.1) is 19.2 Å². The smallest absolute Gasteiger partial charge is 0.259 e. The summed E-state index contributed by atoms with van der Waals surface area (Å²) in [5, 5.41) is 9.84. The van der Waals surface area contributed by atoms with Crippen LogP contribution in [-0.2, 0) is 0 Å². The lowest BCUT2D eigenvalue weighted by Crippen LogP contribution is -2.50. The SMILES string of the molecule is C[C@H](CO)N1C[C@H](C)[C@H](CN(C)C(=O)c2ccccc2)Oc2ncc(C3=CCCC3)cc2C1=O. The Bertz CT molecular complexity index is 1070. The number of hydrogen-bond donors (Lipinski definition) is 1. The van der Waals surface area contributed by atoms with Gasteiger partial charge in [0, 0.05) is 31.3 Å². The average Bonchev–Trinajstić information content (AvgIpc) is 3.40. The number of carbonyl (C=O) groups excluding carboxylic acids is 2. The van der Waals surface area contributed by atoms with E-state index in [1.807, 2.05) is 38.1 Å². The van der Waals surface area contributed by atoms with E-state index in [1.165, 1.54) is 5.57 Å². The van der Waals surface area contributed by atoms with Gasteiger partial charge in [-0.15, -0.1) is 0 Å². The molecule has 1 aliphatic heterocycles. The maximum atomic E-state index is 13.5. The van der Waals surface area contributed by atoms with E-state index in [-0.39, 0.29) is 42.4 Å². The van der Waals surface area contributed by atoms with Crippen molar-refractivity contribution in [2.24, 2.45) is 5.92 Å². The molecule has 1 aromatic carbocycles. The molecule has 1 aromatic heterocycles. The van der Waals surface area contributed by atoms with Crippen molar-refractivity contribution in [3.8, 4) is 5.88 Å². The number of pyridine rings is 1. The van der Waals surface area contributed by atoms with Crippen LogP contribution in [0.1, 0.15) is 59.4 Å². The quantitative estimate of drug-likeness (QED) is 0.707. The Hall–Kier alpha value is -3.19. The number of hydrogen-bond acceptors (Lipinski definition) is 5. The Kier molecular flexibility index (Phi) is 7.32. The number of aliphatic hydroxyl groups excluding tert-OH is 1. The fourth-order valence-electron chi connectivity index (χ4n) is 4.58. The van der Waals surface area contributed by atoms with Crippen LogP contribution in [0.5, 0.6) is 5.88 Å². The summed E-state index contributed by atoms with van der Waals surface area (Å²) in [6.07, 6.45) is 6.70. The van der Waals surface area contributed by atoms with Crippen LogP contribution < -0.4 is 4.74 Å². The largest absolute Gasteiger partial charge is 0.472 e. The molecule has 0 spiro atoms. The average molecular weight is 464 g/mol. The molecule has 1 N–H and O–H groups in total. The lowest BCUT2D eigenvalue weighted by Gasteiger charge is -2.37. The first-order chi connectivity index (χ1) is 16.4. The highest BCUT2D eigenvalue weighted by Crippen LogP contribution is 2.32. The third-order valence-electron chi connectivity index (χ3n) is 6.75. The van der Waals surface area contributed by atoms with Crippen molar-refractivity contribution in [3.63, 3.8) is 0 Å². The first kappa shape index (κ1) is 24.0. The highest BCUT2D eigenvalue weighted by molar-refractivity contribution is 5.97. The van der Waals surface area contributed by atoms with Crippen LogP contribution in [0.3, 0.4) is 0 Å². The lowest BCUT2D eigenvalue weighted by molar-refractivity contribution is 0.0313. The number of ether oxygens (including phenoxy) is 1. The molecule has 2 heterocycles. The fourth-order valence-corrected chi connectivity index (χ4v) is 4.58. The molecule has 3 atom stereocenters. The normalized spacial score (nSPS) is 21.1. The molecular formula is C27H33N3O4. The van der Waals surface area contributed by atoms with Crippen molar-refractivity contribution in [3.05, 3.63) is 65.4 Å². The summed E-state index contributed by atoms with van der Waals surface area (Å²) < 4.78 is 6.32. The minimum atomic E-state index is -0.373. The van der Waals surface area contributed by atoms with Crippen LogP contribution in [0.25, 0.3) is 5.57 Å². The topological polar surface area (TPSA) is 83.0 Å². The first-order valence-corrected chi connectivity index (χ1v) is 12.0. The molecule has 0 saturated carbocycles. The fraction of sp³-hybridized carbons (Fsp3) is 0.444. The van der Waals surface area contributed by atoms with Gasteiger partial charge in [-0.25, -0.2) is 4.98 Å². The van der Waals surface area contributed by atoms with Gasteiger partial charge in [0.15, 0.2) is 0 Å². The van der Waals surface area contributed by atoms with Crippen LogP contribution in [0.2, 0.25) is 0 Å². The minimum absolute atomic E-state index is 0.0869. The highest BCUT2D eigenvalue weighted by atomic mass is 16.5. The molecule has 0 fully saturated rings. The second-order valence-electron chi connectivity index (χ2n) is 9.37. The Morgan fingerprint density at radius 2 is 2.09 bits per heavy atom. The summed E-state index contributed by atoms with van der Waals surface area (Å²) in [4.78, 5) is 34.4. The van der Waals surface area contributed by atoms with E-state index in [0.29, 0.717) is 24.2 Å². The Morgan fingerprint density at radius 1 is 1.32 bits per heavy atom. The Labute approximate surface area is 201 Å². The van der Waals surface area contributed by atoms with Gasteiger partial charge in [-0.1, -0.05) is 31.2 Å². The van der Waals surface area contributed by atoms with Crippen LogP contribution in [0, 0.1) is 5.92 Å². The van der Waals surface area contributed by atoms with E-state index in [4.69, 9.17) is 4.74 Å². The maximum absolute atomic E-state index is 13.5. The van der Waals surface area contributed by atoms with Gasteiger partial charge in [0.1, 0.15) is 11.7 Å². The molecule has 2 aromatic rings. The summed E-state index contributed by atoms with van der Waals surface area (Å²) in [6.45, 7) is 4.45. The molecule has 7 heteroatoms. The van der Waals surface area contributed by atoms with E-state index in [1.54, 1.807) is 35.2 Å². The van der Waals surface area contributed by atoms with Gasteiger partial charge >= 0.3 is 0 Å². The molecule has 0 bridgehead atoms. The summed E-state index contributed by atoms with van der Waals surface area (Å²) in [5.41, 5.74) is 3.15. The van der Waals surface area contributed by atoms with E-state index in [9.17, 15) is 14.7 Å². The monoisotopic (exact) mass is 463 g/mol. The number of aliphatic hydroxyl groups is 1. The molecule has 34 heavy (non-hydrogen) atoms. The van der Waals surface area contributed by atoms with Crippen molar-refractivity contribution in [2.75, 3.05) is 26.7 Å². The third-order valence-corrected chi connectivity index (χ3v) is 6.75. The van der Waals surface area contributed by atoms with Crippen molar-refractivity contribution >= 4 is 17.4 Å². The van der Waals surface area contributed by atoms with Crippen LogP contribution in [0.15, 0.2) is 48.7 Å². The predicted octanol–water partition coefficient (Wildman–Crippen LogP) is 3.64. The van der Waals surface area contributed by atoms with Crippen molar-refractivity contribution in [2.45, 2.75) is 45.3 Å². The molecule has 4 rings (SSSR count). The number of amides is 2. The molecule has 7 nitrogen and oxygen atoms in total. The number of allylic oxidation sites excluding steroid dienone is 2. The zero-order valence-electron chi connectivity index (χ0n) is 20.1. The summed E-state index contributed by atoms with van der Waals surface area (Å²) in [7, 11) is 1.76. The predicted molar refractivity (Wildman–Crippen MR) is 131 cm³/mol. The summed E-state index contributed by atoms with van der Waals surface area (Å²) >= 11 is 0. The third kappa shape index (κ3) is 4.99. The van der Waals surface area contributed by atoms with Gasteiger partial charge < -0.3 is 19.6 Å². The standard InChI is InChI=1S/C27H33N3O4/c1-18-15-30(19(2)17-31)27(33)23-13-22(20-9-7-8-10-20)14-28-25(23)34-24(18)16-29(3)26(32)21-11-5-4-6-12-21/h4-6,9,11-14,18-19,24,31H,7-8,10,15-17H2,1-3H3/t18-,19+,24-/m0/s1. The Balaban J connectivity index is 1.65. The minimum Gasteiger partial charge on any atom is -0.472 e. The van der Waals surface area contributed by atoms with Crippen LogP contribution in [-0.4, -0.2) is 70.6 Å². The van der Waals surface area contributed by atoms with E-state index < -0.39 is 0 Å². The van der Waals surface area contributed by atoms with Crippen molar-refractivity contribution in [1.82, 2.24) is 14.8 Å². The highest BCUT2D eigenvalue weighted by Gasteiger charge is 2.35. The van der Waals surface area contributed by atoms with E-state index in [2.05, 4.69) is 11.1 Å².